The van der Waals surface area contributed by atoms with Crippen molar-refractivity contribution in [2.75, 3.05) is 26.3 Å². The number of morpholine rings is 1. The highest BCUT2D eigenvalue weighted by Crippen LogP contribution is 2.28. The summed E-state index contributed by atoms with van der Waals surface area (Å²) in [6, 6.07) is 14.0. The van der Waals surface area contributed by atoms with Crippen molar-refractivity contribution in [3.8, 4) is 16.3 Å². The first-order valence-electron chi connectivity index (χ1n) is 8.55. The van der Waals surface area contributed by atoms with Crippen LogP contribution in [-0.2, 0) is 9.53 Å². The number of amides is 1. The molecule has 1 fully saturated rings. The maximum atomic E-state index is 12.4. The highest BCUT2D eigenvalue weighted by atomic mass is 32.1. The zero-order valence-corrected chi connectivity index (χ0v) is 15.1. The molecule has 0 bridgehead atoms. The van der Waals surface area contributed by atoms with Crippen LogP contribution in [-0.4, -0.2) is 46.9 Å². The number of benzene rings is 1. The average Bonchev–Trinajstić information content (AvgIpc) is 3.37. The van der Waals surface area contributed by atoms with Gasteiger partial charge in [-0.3, -0.25) is 4.79 Å². The molecule has 5 nitrogen and oxygen atoms in total. The van der Waals surface area contributed by atoms with Gasteiger partial charge >= 0.3 is 0 Å². The van der Waals surface area contributed by atoms with Gasteiger partial charge in [0, 0.05) is 30.9 Å². The zero-order valence-electron chi connectivity index (χ0n) is 14.2. The quantitative estimate of drug-likeness (QED) is 0.665. The van der Waals surface area contributed by atoms with Crippen molar-refractivity contribution in [3.05, 3.63) is 65.7 Å². The van der Waals surface area contributed by atoms with Crippen LogP contribution >= 0.6 is 11.3 Å². The summed E-state index contributed by atoms with van der Waals surface area (Å²) >= 11 is 1.64. The second kappa shape index (κ2) is 7.68. The Hall–Kier alpha value is -2.70. The Morgan fingerprint density at radius 3 is 2.65 bits per heavy atom. The second-order valence-electron chi connectivity index (χ2n) is 5.96. The van der Waals surface area contributed by atoms with Gasteiger partial charge in [-0.05, 0) is 29.7 Å². The fourth-order valence-electron chi connectivity index (χ4n) is 2.88. The Kier molecular flexibility index (Phi) is 4.95. The van der Waals surface area contributed by atoms with Gasteiger partial charge in [0.15, 0.2) is 0 Å². The number of carbonyl (C=O) groups excluding carboxylic acids is 1. The lowest BCUT2D eigenvalue weighted by molar-refractivity contribution is -0.129. The summed E-state index contributed by atoms with van der Waals surface area (Å²) in [6.45, 7) is 2.49. The average molecular weight is 365 g/mol. The fraction of sp³-hybridized carbons (Fsp3) is 0.200. The predicted molar refractivity (Wildman–Crippen MR) is 103 cm³/mol. The molecule has 0 N–H and O–H groups in total. The Morgan fingerprint density at radius 1 is 1.12 bits per heavy atom. The maximum absolute atomic E-state index is 12.4. The van der Waals surface area contributed by atoms with E-state index >= 15 is 0 Å². The summed E-state index contributed by atoms with van der Waals surface area (Å²) in [5.41, 5.74) is 2.80. The first-order valence-corrected chi connectivity index (χ1v) is 9.43. The number of carbonyl (C=O) groups is 1. The third-order valence-corrected chi connectivity index (χ3v) is 5.12. The summed E-state index contributed by atoms with van der Waals surface area (Å²) in [6.07, 6.45) is 5.46. The molecule has 1 saturated heterocycles. The van der Waals surface area contributed by atoms with Crippen LogP contribution in [0.1, 0.15) is 5.56 Å². The number of hydrogen-bond donors (Lipinski definition) is 0. The molecule has 2 aromatic heterocycles. The Balaban J connectivity index is 1.64. The third-order valence-electron chi connectivity index (χ3n) is 4.25. The first kappa shape index (κ1) is 16.8. The minimum absolute atomic E-state index is 0.0119. The highest BCUT2D eigenvalue weighted by molar-refractivity contribution is 7.13. The smallest absolute Gasteiger partial charge is 0.246 e. The van der Waals surface area contributed by atoms with E-state index in [0.29, 0.717) is 26.3 Å². The molecule has 1 amide bonds. The van der Waals surface area contributed by atoms with Gasteiger partial charge < -0.3 is 9.64 Å². The maximum Gasteiger partial charge on any atom is 0.246 e. The molecule has 26 heavy (non-hydrogen) atoms. The van der Waals surface area contributed by atoms with Crippen molar-refractivity contribution in [2.24, 2.45) is 0 Å². The van der Waals surface area contributed by atoms with Crippen molar-refractivity contribution in [3.63, 3.8) is 0 Å². The van der Waals surface area contributed by atoms with Gasteiger partial charge in [0.05, 0.1) is 23.8 Å². The van der Waals surface area contributed by atoms with E-state index in [9.17, 15) is 4.79 Å². The van der Waals surface area contributed by atoms with Gasteiger partial charge in [-0.1, -0.05) is 24.3 Å². The van der Waals surface area contributed by atoms with Crippen LogP contribution in [0.4, 0.5) is 0 Å². The summed E-state index contributed by atoms with van der Waals surface area (Å²) < 4.78 is 7.16. The Morgan fingerprint density at radius 2 is 1.92 bits per heavy atom. The normalized spacial score (nSPS) is 14.8. The number of aromatic nitrogens is 2. The molecule has 0 saturated carbocycles. The Labute approximate surface area is 156 Å². The van der Waals surface area contributed by atoms with Crippen LogP contribution in [0.2, 0.25) is 0 Å². The van der Waals surface area contributed by atoms with E-state index in [0.717, 1.165) is 21.8 Å². The molecule has 0 spiro atoms. The van der Waals surface area contributed by atoms with Crippen LogP contribution in [0.5, 0.6) is 0 Å². The molecule has 1 aliphatic heterocycles. The molecule has 3 heterocycles. The van der Waals surface area contributed by atoms with Gasteiger partial charge in [-0.25, -0.2) is 4.68 Å². The van der Waals surface area contributed by atoms with Gasteiger partial charge in [0.25, 0.3) is 0 Å². The first-order chi connectivity index (χ1) is 12.8. The van der Waals surface area contributed by atoms with Gasteiger partial charge in [0.1, 0.15) is 5.69 Å². The SMILES string of the molecule is O=C(/C=C/c1cn(-c2ccccc2)nc1-c1cccs1)N1CCOCC1. The number of nitrogens with zero attached hydrogens (tertiary/aromatic N) is 3. The highest BCUT2D eigenvalue weighted by Gasteiger charge is 2.15. The van der Waals surface area contributed by atoms with Crippen molar-refractivity contribution < 1.29 is 9.53 Å². The third kappa shape index (κ3) is 3.61. The van der Waals surface area contributed by atoms with E-state index < -0.39 is 0 Å². The lowest BCUT2D eigenvalue weighted by Crippen LogP contribution is -2.39. The molecule has 4 rings (SSSR count). The van der Waals surface area contributed by atoms with E-state index in [4.69, 9.17) is 9.84 Å². The van der Waals surface area contributed by atoms with Crippen LogP contribution < -0.4 is 0 Å². The van der Waals surface area contributed by atoms with E-state index in [1.54, 1.807) is 17.4 Å². The summed E-state index contributed by atoms with van der Waals surface area (Å²) in [7, 11) is 0. The van der Waals surface area contributed by atoms with Crippen LogP contribution in [0.25, 0.3) is 22.3 Å². The van der Waals surface area contributed by atoms with Crippen LogP contribution in [0, 0.1) is 0 Å². The second-order valence-corrected chi connectivity index (χ2v) is 6.91. The molecule has 132 valence electrons. The molecule has 0 aliphatic carbocycles. The number of thiophene rings is 1. The molecule has 0 radical (unpaired) electrons. The van der Waals surface area contributed by atoms with Gasteiger partial charge in [0.2, 0.25) is 5.91 Å². The van der Waals surface area contributed by atoms with Crippen molar-refractivity contribution >= 4 is 23.3 Å². The lowest BCUT2D eigenvalue weighted by atomic mass is 10.2. The van der Waals surface area contributed by atoms with E-state index in [1.807, 2.05) is 69.7 Å². The van der Waals surface area contributed by atoms with Crippen LogP contribution in [0.3, 0.4) is 0 Å². The van der Waals surface area contributed by atoms with E-state index in [2.05, 4.69) is 0 Å². The monoisotopic (exact) mass is 365 g/mol. The Bertz CT molecular complexity index is 895. The fourth-order valence-corrected chi connectivity index (χ4v) is 3.61. The molecular formula is C20H19N3O2S. The number of para-hydroxylation sites is 1. The number of rotatable bonds is 4. The zero-order chi connectivity index (χ0) is 17.8. The van der Waals surface area contributed by atoms with Gasteiger partial charge in [-0.15, -0.1) is 11.3 Å². The summed E-state index contributed by atoms with van der Waals surface area (Å²) in [4.78, 5) is 15.3. The standard InChI is InChI=1S/C20H19N3O2S/c24-19(22-10-12-25-13-11-22)9-8-16-15-23(17-5-2-1-3-6-17)21-20(16)18-7-4-14-26-18/h1-9,14-15H,10-13H2/b9-8+. The molecule has 6 heteroatoms. The predicted octanol–water partition coefficient (Wildman–Crippen LogP) is 3.47. The minimum atomic E-state index is 0.0119. The molecule has 1 aromatic carbocycles. The van der Waals surface area contributed by atoms with Crippen LogP contribution in [0.15, 0.2) is 60.1 Å². The molecule has 0 unspecified atom stereocenters. The lowest BCUT2D eigenvalue weighted by Gasteiger charge is -2.25. The summed E-state index contributed by atoms with van der Waals surface area (Å²) in [5, 5.41) is 6.78. The molecule has 3 aromatic rings. The topological polar surface area (TPSA) is 47.4 Å². The largest absolute Gasteiger partial charge is 0.378 e. The van der Waals surface area contributed by atoms with Crippen molar-refractivity contribution in [2.45, 2.75) is 0 Å². The number of hydrogen-bond acceptors (Lipinski definition) is 4. The van der Waals surface area contributed by atoms with Gasteiger partial charge in [-0.2, -0.15) is 5.10 Å². The van der Waals surface area contributed by atoms with Crippen molar-refractivity contribution in [1.29, 1.82) is 0 Å². The van der Waals surface area contributed by atoms with E-state index in [1.165, 1.54) is 0 Å². The molecule has 0 atom stereocenters. The van der Waals surface area contributed by atoms with Crippen molar-refractivity contribution in [1.82, 2.24) is 14.7 Å². The molecule has 1 aliphatic rings. The summed E-state index contributed by atoms with van der Waals surface area (Å²) in [5.74, 6) is 0.0119. The number of ether oxygens (including phenoxy) is 1. The van der Waals surface area contributed by atoms with E-state index in [-0.39, 0.29) is 5.91 Å². The minimum Gasteiger partial charge on any atom is -0.378 e. The molecular weight excluding hydrogens is 346 g/mol.